The largest absolute Gasteiger partial charge is 0.370 e. The smallest absolute Gasteiger partial charge is 0.211 e. The molecule has 0 radical (unpaired) electrons. The Balaban J connectivity index is 1.60. The molecule has 30 heavy (non-hydrogen) atoms. The van der Waals surface area contributed by atoms with Crippen LogP contribution in [0.15, 0.2) is 89.7 Å². The maximum Gasteiger partial charge on any atom is 0.211 e. The summed E-state index contributed by atoms with van der Waals surface area (Å²) in [6, 6.07) is 22.8. The van der Waals surface area contributed by atoms with Crippen LogP contribution in [0.2, 0.25) is 0 Å². The Kier molecular flexibility index (Phi) is 5.77. The number of Topliss-reactive ketones (excluding diaryl/α,β-unsaturated/α-hetero) is 2. The number of nitrogens with zero attached hydrogens (tertiary/aromatic N) is 2. The fourth-order valence-corrected chi connectivity index (χ4v) is 4.19. The molecular formula is C25H21ClN2O2. The van der Waals surface area contributed by atoms with Crippen molar-refractivity contribution in [2.75, 3.05) is 13.6 Å². The monoisotopic (exact) mass is 416 g/mol. The van der Waals surface area contributed by atoms with Crippen LogP contribution in [0.1, 0.15) is 44.3 Å². The van der Waals surface area contributed by atoms with Crippen LogP contribution in [0.4, 0.5) is 0 Å². The molecule has 4 rings (SSSR count). The van der Waals surface area contributed by atoms with Crippen LogP contribution in [-0.4, -0.2) is 35.0 Å². The second kappa shape index (κ2) is 8.64. The van der Waals surface area contributed by atoms with E-state index in [2.05, 4.69) is 17.1 Å². The van der Waals surface area contributed by atoms with E-state index in [9.17, 15) is 9.59 Å². The van der Waals surface area contributed by atoms with Crippen LogP contribution in [-0.2, 0) is 0 Å². The number of rotatable bonds is 6. The van der Waals surface area contributed by atoms with Gasteiger partial charge in [-0.15, -0.1) is 0 Å². The van der Waals surface area contributed by atoms with Crippen molar-refractivity contribution < 1.29 is 9.59 Å². The maximum absolute atomic E-state index is 13.1. The molecule has 1 aromatic heterocycles. The number of aromatic nitrogens is 1. The van der Waals surface area contributed by atoms with Gasteiger partial charge < -0.3 is 4.90 Å². The summed E-state index contributed by atoms with van der Waals surface area (Å²) in [7, 11) is 1.80. The molecule has 2 aromatic carbocycles. The van der Waals surface area contributed by atoms with Gasteiger partial charge in [-0.3, -0.25) is 14.6 Å². The zero-order valence-electron chi connectivity index (χ0n) is 16.6. The number of allylic oxidation sites excluding steroid dienone is 2. The Hall–Kier alpha value is -3.24. The van der Waals surface area contributed by atoms with E-state index in [1.165, 1.54) is 0 Å². The van der Waals surface area contributed by atoms with E-state index >= 15 is 0 Å². The Morgan fingerprint density at radius 3 is 2.17 bits per heavy atom. The van der Waals surface area contributed by atoms with Gasteiger partial charge in [-0.2, -0.15) is 0 Å². The maximum atomic E-state index is 13.1. The van der Waals surface area contributed by atoms with Gasteiger partial charge in [-0.25, -0.2) is 0 Å². The van der Waals surface area contributed by atoms with E-state index in [4.69, 9.17) is 11.6 Å². The molecule has 0 saturated heterocycles. The molecule has 4 nitrogen and oxygen atoms in total. The third-order valence-electron chi connectivity index (χ3n) is 5.42. The Labute approximate surface area is 180 Å². The number of hydrogen-bond acceptors (Lipinski definition) is 4. The minimum Gasteiger partial charge on any atom is -0.370 e. The molecule has 0 spiro atoms. The average molecular weight is 417 g/mol. The van der Waals surface area contributed by atoms with Crippen LogP contribution < -0.4 is 0 Å². The van der Waals surface area contributed by atoms with Crippen molar-refractivity contribution >= 4 is 23.2 Å². The van der Waals surface area contributed by atoms with Crippen molar-refractivity contribution in [3.63, 3.8) is 0 Å². The molecule has 0 fully saturated rings. The van der Waals surface area contributed by atoms with E-state index in [0.29, 0.717) is 24.1 Å². The highest BCUT2D eigenvalue weighted by atomic mass is 35.5. The summed E-state index contributed by atoms with van der Waals surface area (Å²) >= 11 is 6.36. The molecule has 0 N–H and O–H groups in total. The van der Waals surface area contributed by atoms with Crippen molar-refractivity contribution in [3.8, 4) is 0 Å². The number of likely N-dealkylation sites (N-methyl/N-ethyl adjacent to an activating group) is 1. The minimum absolute atomic E-state index is 0.0182. The van der Waals surface area contributed by atoms with Crippen molar-refractivity contribution in [2.24, 2.45) is 0 Å². The summed E-state index contributed by atoms with van der Waals surface area (Å²) < 4.78 is 0. The van der Waals surface area contributed by atoms with Crippen LogP contribution in [0, 0.1) is 0 Å². The van der Waals surface area contributed by atoms with Gasteiger partial charge in [0, 0.05) is 42.5 Å². The number of hydrogen-bond donors (Lipinski definition) is 0. The standard InChI is InChI=1S/C25H21ClN2O2/c1-28(23-22(26)24(29)19-11-5-6-12-20(19)25(23)30)16-14-18(17-9-3-2-4-10-17)21-13-7-8-15-27-21/h2-13,15,18H,14,16H2,1H3. The van der Waals surface area contributed by atoms with E-state index in [0.717, 1.165) is 11.3 Å². The second-order valence-electron chi connectivity index (χ2n) is 7.29. The molecule has 1 unspecified atom stereocenters. The third-order valence-corrected chi connectivity index (χ3v) is 5.77. The molecule has 1 heterocycles. The Morgan fingerprint density at radius 2 is 1.50 bits per heavy atom. The molecule has 1 aliphatic carbocycles. The summed E-state index contributed by atoms with van der Waals surface area (Å²) in [5, 5.41) is -0.0182. The van der Waals surface area contributed by atoms with Crippen molar-refractivity contribution in [1.82, 2.24) is 9.88 Å². The first-order valence-electron chi connectivity index (χ1n) is 9.83. The molecule has 0 aliphatic heterocycles. The number of benzene rings is 2. The van der Waals surface area contributed by atoms with Gasteiger partial charge in [-0.05, 0) is 24.1 Å². The number of fused-ring (bicyclic) bond motifs is 1. The lowest BCUT2D eigenvalue weighted by Crippen LogP contribution is -2.32. The summed E-state index contributed by atoms with van der Waals surface area (Å²) in [6.07, 6.45) is 2.50. The highest BCUT2D eigenvalue weighted by Crippen LogP contribution is 2.32. The number of halogens is 1. The van der Waals surface area contributed by atoms with Crippen LogP contribution in [0.25, 0.3) is 0 Å². The van der Waals surface area contributed by atoms with Crippen molar-refractivity contribution in [3.05, 3.63) is 112 Å². The number of carbonyl (C=O) groups is 2. The highest BCUT2D eigenvalue weighted by Gasteiger charge is 2.33. The zero-order valence-corrected chi connectivity index (χ0v) is 17.3. The molecule has 1 atom stereocenters. The van der Waals surface area contributed by atoms with Gasteiger partial charge in [0.25, 0.3) is 0 Å². The van der Waals surface area contributed by atoms with Crippen LogP contribution in [0.3, 0.4) is 0 Å². The predicted octanol–water partition coefficient (Wildman–Crippen LogP) is 5.07. The number of ketones is 2. The zero-order chi connectivity index (χ0) is 21.1. The first-order chi connectivity index (χ1) is 14.6. The molecule has 0 amide bonds. The normalized spacial score (nSPS) is 14.5. The van der Waals surface area contributed by atoms with Gasteiger partial charge in [0.15, 0.2) is 0 Å². The molecule has 3 aromatic rings. The summed E-state index contributed by atoms with van der Waals surface area (Å²) in [5.41, 5.74) is 3.14. The molecular weight excluding hydrogens is 396 g/mol. The first-order valence-corrected chi connectivity index (χ1v) is 10.2. The second-order valence-corrected chi connectivity index (χ2v) is 7.67. The fraction of sp³-hybridized carbons (Fsp3) is 0.160. The lowest BCUT2D eigenvalue weighted by Gasteiger charge is -2.28. The summed E-state index contributed by atoms with van der Waals surface area (Å²) in [4.78, 5) is 32.1. The van der Waals surface area contributed by atoms with Gasteiger partial charge in [0.1, 0.15) is 10.7 Å². The Morgan fingerprint density at radius 1 is 0.867 bits per heavy atom. The fourth-order valence-electron chi connectivity index (χ4n) is 3.86. The van der Waals surface area contributed by atoms with Crippen molar-refractivity contribution in [1.29, 1.82) is 0 Å². The highest BCUT2D eigenvalue weighted by molar-refractivity contribution is 6.49. The summed E-state index contributed by atoms with van der Waals surface area (Å²) in [5.74, 6) is -0.458. The SMILES string of the molecule is CN(CCC(c1ccccc1)c1ccccn1)C1=C(Cl)C(=O)c2ccccc2C1=O. The summed E-state index contributed by atoms with van der Waals surface area (Å²) in [6.45, 7) is 0.545. The molecule has 1 aliphatic rings. The molecule has 0 saturated carbocycles. The van der Waals surface area contributed by atoms with E-state index in [1.807, 2.05) is 36.4 Å². The van der Waals surface area contributed by atoms with E-state index in [1.54, 1.807) is 42.4 Å². The lowest BCUT2D eigenvalue weighted by molar-refractivity contribution is 0.0953. The number of carbonyl (C=O) groups excluding carboxylic acids is 2. The van der Waals surface area contributed by atoms with Gasteiger partial charge in [-0.1, -0.05) is 72.3 Å². The van der Waals surface area contributed by atoms with Gasteiger partial charge >= 0.3 is 0 Å². The molecule has 0 bridgehead atoms. The molecule has 150 valence electrons. The quantitative estimate of drug-likeness (QED) is 0.563. The number of pyridine rings is 1. The topological polar surface area (TPSA) is 50.3 Å². The van der Waals surface area contributed by atoms with E-state index < -0.39 is 0 Å². The lowest BCUT2D eigenvalue weighted by atomic mass is 9.90. The predicted molar refractivity (Wildman–Crippen MR) is 118 cm³/mol. The van der Waals surface area contributed by atoms with Crippen LogP contribution in [0.5, 0.6) is 0 Å². The van der Waals surface area contributed by atoms with Crippen LogP contribution >= 0.6 is 11.6 Å². The third kappa shape index (κ3) is 3.79. The Bertz CT molecular complexity index is 1070. The van der Waals surface area contributed by atoms with Crippen molar-refractivity contribution in [2.45, 2.75) is 12.3 Å². The average Bonchev–Trinajstić information content (AvgIpc) is 2.79. The minimum atomic E-state index is -0.307. The van der Waals surface area contributed by atoms with Gasteiger partial charge in [0.05, 0.1) is 0 Å². The van der Waals surface area contributed by atoms with E-state index in [-0.39, 0.29) is 28.2 Å². The first kappa shape index (κ1) is 20.0. The van der Waals surface area contributed by atoms with Gasteiger partial charge in [0.2, 0.25) is 11.6 Å². The molecule has 5 heteroatoms.